The van der Waals surface area contributed by atoms with Crippen LogP contribution in [0.25, 0.3) is 28.2 Å². The van der Waals surface area contributed by atoms with Gasteiger partial charge in [-0.25, -0.2) is 14.8 Å². The molecule has 12 nitrogen and oxygen atoms in total. The van der Waals surface area contributed by atoms with E-state index >= 15 is 0 Å². The highest BCUT2D eigenvalue weighted by atomic mass is 35.5. The summed E-state index contributed by atoms with van der Waals surface area (Å²) in [6, 6.07) is 20.0. The van der Waals surface area contributed by atoms with Crippen molar-refractivity contribution in [3.05, 3.63) is 135 Å². The second-order valence-electron chi connectivity index (χ2n) is 11.4. The lowest BCUT2D eigenvalue weighted by molar-refractivity contribution is -0.387. The molecule has 6 aromatic rings. The lowest BCUT2D eigenvalue weighted by Gasteiger charge is -2.27. The highest BCUT2D eigenvalue weighted by Gasteiger charge is 2.36. The number of allylic oxidation sites excluding steroid dienone is 1. The van der Waals surface area contributed by atoms with E-state index in [0.29, 0.717) is 48.8 Å². The Hall–Kier alpha value is -5.28. The molecule has 16 heteroatoms. The fraction of sp³-hybridized carbons (Fsp3) is 0.139. The van der Waals surface area contributed by atoms with E-state index in [4.69, 9.17) is 32.7 Å². The molecule has 0 saturated heterocycles. The van der Waals surface area contributed by atoms with Gasteiger partial charge in [-0.3, -0.25) is 24.6 Å². The fourth-order valence-electron chi connectivity index (χ4n) is 6.00. The lowest BCUT2D eigenvalue weighted by atomic mass is 9.90. The molecule has 0 amide bonds. The summed E-state index contributed by atoms with van der Waals surface area (Å²) in [6.07, 6.45) is 1.57. The Bertz CT molecular complexity index is 2650. The Balaban J connectivity index is 1.32. The maximum absolute atomic E-state index is 14.4. The number of nitro groups is 1. The van der Waals surface area contributed by atoms with Crippen LogP contribution in [0, 0.1) is 10.1 Å². The number of hydrogen-bond donors (Lipinski definition) is 1. The number of H-pyrrole nitrogens is 1. The normalized spacial score (nSPS) is 14.3. The van der Waals surface area contributed by atoms with Crippen LogP contribution in [0.5, 0.6) is 5.75 Å². The van der Waals surface area contributed by atoms with Gasteiger partial charge in [0.1, 0.15) is 11.8 Å². The van der Waals surface area contributed by atoms with Crippen LogP contribution in [0.4, 0.5) is 5.69 Å². The first-order valence-electron chi connectivity index (χ1n) is 15.7. The average Bonchev–Trinajstić information content (AvgIpc) is 3.71. The molecular formula is C36H26Cl2N6O6S2. The van der Waals surface area contributed by atoms with Crippen LogP contribution in [0.3, 0.4) is 0 Å². The van der Waals surface area contributed by atoms with Gasteiger partial charge in [-0.15, -0.1) is 5.10 Å². The predicted octanol–water partition coefficient (Wildman–Crippen LogP) is 7.11. The number of fused-ring (bicyclic) bond motifs is 2. The molecule has 0 radical (unpaired) electrons. The quantitative estimate of drug-likeness (QED) is 0.0920. The van der Waals surface area contributed by atoms with Crippen LogP contribution >= 0.6 is 46.3 Å². The summed E-state index contributed by atoms with van der Waals surface area (Å²) in [6.45, 7) is 3.54. The average molecular weight is 774 g/mol. The summed E-state index contributed by atoms with van der Waals surface area (Å²) in [5, 5.41) is 22.0. The Kier molecular flexibility index (Phi) is 9.72. The van der Waals surface area contributed by atoms with Crippen molar-refractivity contribution >= 4 is 74.8 Å². The Morgan fingerprint density at radius 3 is 2.69 bits per heavy atom. The minimum absolute atomic E-state index is 0.126. The van der Waals surface area contributed by atoms with Gasteiger partial charge in [-0.1, -0.05) is 70.9 Å². The monoisotopic (exact) mass is 772 g/mol. The molecule has 0 saturated carbocycles. The molecule has 7 rings (SSSR count). The van der Waals surface area contributed by atoms with E-state index in [-0.39, 0.29) is 32.5 Å². The molecule has 0 bridgehead atoms. The van der Waals surface area contributed by atoms with Gasteiger partial charge in [0.25, 0.3) is 11.2 Å². The van der Waals surface area contributed by atoms with Gasteiger partial charge in [0.05, 0.1) is 44.4 Å². The molecule has 0 spiro atoms. The van der Waals surface area contributed by atoms with Gasteiger partial charge in [-0.05, 0) is 78.4 Å². The van der Waals surface area contributed by atoms with Crippen molar-refractivity contribution in [2.24, 2.45) is 4.99 Å². The highest BCUT2D eigenvalue weighted by molar-refractivity contribution is 7.99. The van der Waals surface area contributed by atoms with Gasteiger partial charge >= 0.3 is 5.97 Å². The van der Waals surface area contributed by atoms with Crippen LogP contribution in [-0.2, 0) is 9.53 Å². The smallest absolute Gasteiger partial charge is 0.338 e. The fourth-order valence-corrected chi connectivity index (χ4v) is 8.34. The summed E-state index contributed by atoms with van der Waals surface area (Å²) in [5.74, 6) is 0.254. The number of hydrogen-bond acceptors (Lipinski definition) is 11. The topological polar surface area (TPSA) is 155 Å². The van der Waals surface area contributed by atoms with E-state index in [1.54, 1.807) is 56.3 Å². The predicted molar refractivity (Wildman–Crippen MR) is 200 cm³/mol. The number of nitrogens with zero attached hydrogens (tertiary/aromatic N) is 5. The maximum Gasteiger partial charge on any atom is 0.338 e. The number of thiazole rings is 1. The Morgan fingerprint density at radius 1 is 1.13 bits per heavy atom. The molecular weight excluding hydrogens is 747 g/mol. The number of nitrogens with one attached hydrogen (secondary N) is 1. The second-order valence-corrected chi connectivity index (χ2v) is 14.2. The van der Waals surface area contributed by atoms with E-state index in [9.17, 15) is 19.7 Å². The number of benzene rings is 4. The molecule has 262 valence electrons. The number of aromatic amines is 1. The summed E-state index contributed by atoms with van der Waals surface area (Å²) in [7, 11) is 1.53. The second kappa shape index (κ2) is 14.4. The minimum atomic E-state index is -0.930. The zero-order valence-electron chi connectivity index (χ0n) is 27.5. The number of carbonyl (C=O) groups excluding carboxylic acids is 1. The van der Waals surface area contributed by atoms with E-state index in [1.807, 2.05) is 30.3 Å². The number of rotatable bonds is 9. The molecule has 52 heavy (non-hydrogen) atoms. The zero-order valence-corrected chi connectivity index (χ0v) is 30.7. The molecule has 4 aromatic carbocycles. The molecule has 0 unspecified atom stereocenters. The number of halogens is 2. The van der Waals surface area contributed by atoms with Crippen molar-refractivity contribution in [3.8, 4) is 17.1 Å². The molecule has 2 aromatic heterocycles. The van der Waals surface area contributed by atoms with Crippen molar-refractivity contribution in [1.82, 2.24) is 19.7 Å². The van der Waals surface area contributed by atoms with E-state index in [2.05, 4.69) is 20.2 Å². The van der Waals surface area contributed by atoms with E-state index in [0.717, 1.165) is 33.9 Å². The van der Waals surface area contributed by atoms with Crippen LogP contribution in [0.2, 0.25) is 10.0 Å². The van der Waals surface area contributed by atoms with Crippen molar-refractivity contribution < 1.29 is 19.2 Å². The summed E-state index contributed by atoms with van der Waals surface area (Å²) in [5.41, 5.74) is 1.55. The van der Waals surface area contributed by atoms with E-state index in [1.165, 1.54) is 17.7 Å². The van der Waals surface area contributed by atoms with Gasteiger partial charge in [0.15, 0.2) is 10.6 Å². The number of nitro benzene ring substituents is 1. The third-order valence-corrected chi connectivity index (χ3v) is 10.7. The first-order chi connectivity index (χ1) is 25.1. The van der Waals surface area contributed by atoms with Crippen LogP contribution in [-0.4, -0.2) is 44.4 Å². The number of methoxy groups -OCH3 is 1. The number of esters is 1. The molecule has 1 atom stereocenters. The van der Waals surface area contributed by atoms with Gasteiger partial charge in [-0.2, -0.15) is 0 Å². The van der Waals surface area contributed by atoms with Gasteiger partial charge < -0.3 is 9.47 Å². The Morgan fingerprint density at radius 2 is 1.94 bits per heavy atom. The number of aromatic nitrogens is 4. The van der Waals surface area contributed by atoms with Crippen molar-refractivity contribution in [2.75, 3.05) is 13.7 Å². The summed E-state index contributed by atoms with van der Waals surface area (Å²) < 4.78 is 13.0. The van der Waals surface area contributed by atoms with Crippen molar-refractivity contribution in [1.29, 1.82) is 0 Å². The zero-order chi connectivity index (χ0) is 36.7. The number of ether oxygens (including phenoxy) is 2. The molecule has 0 aliphatic carbocycles. The molecule has 1 N–H and O–H groups in total. The molecule has 1 aliphatic heterocycles. The van der Waals surface area contributed by atoms with E-state index < -0.39 is 22.5 Å². The molecule has 1 aliphatic rings. The Labute approximate surface area is 313 Å². The number of carbonyl (C=O) groups is 1. The first kappa shape index (κ1) is 35.1. The highest BCUT2D eigenvalue weighted by Crippen LogP contribution is 2.41. The first-order valence-corrected chi connectivity index (χ1v) is 18.1. The third kappa shape index (κ3) is 6.50. The molecule has 3 heterocycles. The third-order valence-electron chi connectivity index (χ3n) is 8.27. The maximum atomic E-state index is 14.4. The minimum Gasteiger partial charge on any atom is -0.496 e. The standard InChI is InChI=1S/C36H26Cl2N6O6S2/c1-4-50-34(46)29-18(2)39-36-43(31(29)30-22-8-6-5-7-20(22)10-13-26(30)49-3)33(45)28(52-36)16-19-9-14-27(25(15-19)44(47)48)51-35-40-32(41-42-35)23-12-11-21(37)17-24(23)38/h5-17,31H,4H2,1-3H3,(H,40,41,42)/b28-16+/t31-/m0/s1. The van der Waals surface area contributed by atoms with Crippen molar-refractivity contribution in [3.63, 3.8) is 0 Å². The van der Waals surface area contributed by atoms with Crippen LogP contribution in [0.1, 0.15) is 31.0 Å². The summed E-state index contributed by atoms with van der Waals surface area (Å²) in [4.78, 5) is 49.4. The SMILES string of the molecule is CCOC(=O)C1=C(C)N=c2s/c(=C/c3ccc(Sc4n[nH]c(-c5ccc(Cl)cc5Cl)n4)c([N+](=O)[O-])c3)c(=O)n2[C@@H]1c1c(OC)ccc2ccccc12. The van der Waals surface area contributed by atoms with Crippen LogP contribution < -0.4 is 19.6 Å². The molecule has 0 fully saturated rings. The van der Waals surface area contributed by atoms with Gasteiger partial charge in [0, 0.05) is 22.2 Å². The van der Waals surface area contributed by atoms with Crippen LogP contribution in [0.15, 0.2) is 104 Å². The van der Waals surface area contributed by atoms with Crippen molar-refractivity contribution in [2.45, 2.75) is 29.9 Å². The largest absolute Gasteiger partial charge is 0.496 e. The summed E-state index contributed by atoms with van der Waals surface area (Å²) >= 11 is 14.4. The van der Waals surface area contributed by atoms with Gasteiger partial charge in [0.2, 0.25) is 5.16 Å². The lowest BCUT2D eigenvalue weighted by Crippen LogP contribution is -2.40.